The molecule has 0 saturated heterocycles. The van der Waals surface area contributed by atoms with Crippen molar-refractivity contribution in [1.29, 1.82) is 0 Å². The molecule has 2 rings (SSSR count). The third kappa shape index (κ3) is 3.50. The zero-order valence-corrected chi connectivity index (χ0v) is 14.5. The summed E-state index contributed by atoms with van der Waals surface area (Å²) in [5.41, 5.74) is 6.09. The molecular weight excluding hydrogens is 343 g/mol. The SMILES string of the molecule is CC1=C(C=Cc2ccc(C)c(I)c2)C(C)(C)CCC1. The number of hydrogen-bond donors (Lipinski definition) is 0. The van der Waals surface area contributed by atoms with Crippen LogP contribution in [0.5, 0.6) is 0 Å². The first-order valence-corrected chi connectivity index (χ1v) is 8.12. The molecule has 0 fully saturated rings. The summed E-state index contributed by atoms with van der Waals surface area (Å²) in [6.45, 7) is 9.19. The monoisotopic (exact) mass is 366 g/mol. The van der Waals surface area contributed by atoms with E-state index in [1.165, 1.54) is 39.5 Å². The van der Waals surface area contributed by atoms with Crippen LogP contribution in [0.3, 0.4) is 0 Å². The maximum Gasteiger partial charge on any atom is 0.0165 e. The van der Waals surface area contributed by atoms with Gasteiger partial charge in [0.25, 0.3) is 0 Å². The zero-order valence-electron chi connectivity index (χ0n) is 12.4. The third-order valence-electron chi connectivity index (χ3n) is 4.18. The first kappa shape index (κ1) is 14.8. The minimum atomic E-state index is 0.330. The second-order valence-electron chi connectivity index (χ2n) is 6.27. The Hall–Kier alpha value is -0.570. The number of aryl methyl sites for hydroxylation is 1. The summed E-state index contributed by atoms with van der Waals surface area (Å²) in [4.78, 5) is 0. The van der Waals surface area contributed by atoms with Gasteiger partial charge >= 0.3 is 0 Å². The van der Waals surface area contributed by atoms with Crippen LogP contribution in [0.2, 0.25) is 0 Å². The molecule has 0 nitrogen and oxygen atoms in total. The van der Waals surface area contributed by atoms with Gasteiger partial charge in [0.15, 0.2) is 0 Å². The van der Waals surface area contributed by atoms with E-state index < -0.39 is 0 Å². The van der Waals surface area contributed by atoms with Crippen molar-refractivity contribution >= 4 is 28.7 Å². The van der Waals surface area contributed by atoms with Crippen molar-refractivity contribution in [2.45, 2.75) is 47.0 Å². The summed E-state index contributed by atoms with van der Waals surface area (Å²) in [7, 11) is 0. The molecule has 19 heavy (non-hydrogen) atoms. The number of hydrogen-bond acceptors (Lipinski definition) is 0. The Kier molecular flexibility index (Phi) is 4.54. The molecule has 1 heteroatoms. The van der Waals surface area contributed by atoms with Gasteiger partial charge in [0.1, 0.15) is 0 Å². The van der Waals surface area contributed by atoms with E-state index in [0.717, 1.165) is 0 Å². The van der Waals surface area contributed by atoms with E-state index in [1.807, 2.05) is 0 Å². The molecule has 0 aromatic heterocycles. The van der Waals surface area contributed by atoms with Crippen LogP contribution >= 0.6 is 22.6 Å². The van der Waals surface area contributed by atoms with Crippen LogP contribution in [0.25, 0.3) is 6.08 Å². The molecule has 0 unspecified atom stereocenters. The van der Waals surface area contributed by atoms with Crippen LogP contribution in [0.4, 0.5) is 0 Å². The summed E-state index contributed by atoms with van der Waals surface area (Å²) in [6.07, 6.45) is 8.51. The molecule has 0 aliphatic heterocycles. The highest BCUT2D eigenvalue weighted by molar-refractivity contribution is 14.1. The Bertz CT molecular complexity index is 533. The van der Waals surface area contributed by atoms with Crippen molar-refractivity contribution in [3.63, 3.8) is 0 Å². The van der Waals surface area contributed by atoms with Gasteiger partial charge in [-0.15, -0.1) is 0 Å². The fraction of sp³-hybridized carbons (Fsp3) is 0.444. The van der Waals surface area contributed by atoms with Crippen molar-refractivity contribution in [2.75, 3.05) is 0 Å². The van der Waals surface area contributed by atoms with Gasteiger partial charge in [0.2, 0.25) is 0 Å². The van der Waals surface area contributed by atoms with Crippen molar-refractivity contribution in [3.8, 4) is 0 Å². The summed E-state index contributed by atoms with van der Waals surface area (Å²) < 4.78 is 1.34. The van der Waals surface area contributed by atoms with E-state index >= 15 is 0 Å². The molecule has 0 N–H and O–H groups in total. The summed E-state index contributed by atoms with van der Waals surface area (Å²) in [6, 6.07) is 6.67. The highest BCUT2D eigenvalue weighted by atomic mass is 127. The van der Waals surface area contributed by atoms with E-state index in [-0.39, 0.29) is 0 Å². The summed E-state index contributed by atoms with van der Waals surface area (Å²) in [5, 5.41) is 0. The van der Waals surface area contributed by atoms with Gasteiger partial charge in [-0.2, -0.15) is 0 Å². The lowest BCUT2D eigenvalue weighted by molar-refractivity contribution is 0.377. The van der Waals surface area contributed by atoms with Gasteiger partial charge in [-0.25, -0.2) is 0 Å². The molecule has 0 bridgehead atoms. The fourth-order valence-corrected chi connectivity index (χ4v) is 3.44. The molecule has 0 heterocycles. The predicted molar refractivity (Wildman–Crippen MR) is 93.3 cm³/mol. The van der Waals surface area contributed by atoms with E-state index in [9.17, 15) is 0 Å². The predicted octanol–water partition coefficient (Wildman–Crippen LogP) is 6.14. The Morgan fingerprint density at radius 3 is 2.53 bits per heavy atom. The maximum atomic E-state index is 2.41. The van der Waals surface area contributed by atoms with Crippen LogP contribution in [0.1, 0.15) is 51.2 Å². The minimum absolute atomic E-state index is 0.330. The largest absolute Gasteiger partial charge is 0.0696 e. The molecule has 0 amide bonds. The molecule has 0 spiro atoms. The van der Waals surface area contributed by atoms with E-state index in [2.05, 4.69) is 80.6 Å². The maximum absolute atomic E-state index is 2.41. The number of halogens is 1. The lowest BCUT2D eigenvalue weighted by Crippen LogP contribution is -2.18. The normalized spacial score (nSPS) is 19.2. The molecule has 0 atom stereocenters. The minimum Gasteiger partial charge on any atom is -0.0696 e. The van der Waals surface area contributed by atoms with Gasteiger partial charge in [-0.3, -0.25) is 0 Å². The average Bonchev–Trinajstić information content (AvgIpc) is 2.32. The van der Waals surface area contributed by atoms with Crippen LogP contribution in [0.15, 0.2) is 35.4 Å². The Labute approximate surface area is 131 Å². The smallest absolute Gasteiger partial charge is 0.0165 e. The van der Waals surface area contributed by atoms with Crippen molar-refractivity contribution in [3.05, 3.63) is 50.1 Å². The van der Waals surface area contributed by atoms with Crippen molar-refractivity contribution < 1.29 is 0 Å². The Morgan fingerprint density at radius 1 is 1.16 bits per heavy atom. The van der Waals surface area contributed by atoms with Gasteiger partial charge in [-0.05, 0) is 83.9 Å². The summed E-state index contributed by atoms with van der Waals surface area (Å²) in [5.74, 6) is 0. The highest BCUT2D eigenvalue weighted by Crippen LogP contribution is 2.40. The Balaban J connectivity index is 2.28. The second-order valence-corrected chi connectivity index (χ2v) is 7.44. The van der Waals surface area contributed by atoms with Gasteiger partial charge in [0.05, 0.1) is 0 Å². The highest BCUT2D eigenvalue weighted by Gasteiger charge is 2.26. The molecule has 0 saturated carbocycles. The molecular formula is C18H23I. The quantitative estimate of drug-likeness (QED) is 0.552. The number of allylic oxidation sites excluding steroid dienone is 3. The average molecular weight is 366 g/mol. The van der Waals surface area contributed by atoms with Crippen LogP contribution in [0, 0.1) is 15.9 Å². The zero-order chi connectivity index (χ0) is 14.0. The molecule has 1 aliphatic rings. The fourth-order valence-electron chi connectivity index (χ4n) is 2.90. The van der Waals surface area contributed by atoms with Gasteiger partial charge in [0, 0.05) is 3.57 Å². The van der Waals surface area contributed by atoms with E-state index in [4.69, 9.17) is 0 Å². The lowest BCUT2D eigenvalue weighted by Gasteiger charge is -2.32. The Morgan fingerprint density at radius 2 is 1.89 bits per heavy atom. The first-order valence-electron chi connectivity index (χ1n) is 7.04. The topological polar surface area (TPSA) is 0 Å². The van der Waals surface area contributed by atoms with Crippen molar-refractivity contribution in [2.24, 2.45) is 5.41 Å². The lowest BCUT2D eigenvalue weighted by atomic mass is 9.72. The van der Waals surface area contributed by atoms with Crippen LogP contribution < -0.4 is 0 Å². The summed E-state index contributed by atoms with van der Waals surface area (Å²) >= 11 is 2.41. The first-order chi connectivity index (χ1) is 8.90. The molecule has 1 aromatic rings. The number of rotatable bonds is 2. The van der Waals surface area contributed by atoms with E-state index in [1.54, 1.807) is 5.57 Å². The van der Waals surface area contributed by atoms with Crippen LogP contribution in [-0.4, -0.2) is 0 Å². The second kappa shape index (κ2) is 5.82. The molecule has 1 aromatic carbocycles. The van der Waals surface area contributed by atoms with Crippen molar-refractivity contribution in [1.82, 2.24) is 0 Å². The molecule has 0 radical (unpaired) electrons. The van der Waals surface area contributed by atoms with Gasteiger partial charge < -0.3 is 0 Å². The van der Waals surface area contributed by atoms with Gasteiger partial charge in [-0.1, -0.05) is 43.7 Å². The standard InChI is InChI=1S/C18H23I/c1-13-6-5-11-18(3,4)16(13)10-9-15-8-7-14(2)17(19)12-15/h7-10,12H,5-6,11H2,1-4H3. The number of benzene rings is 1. The molecule has 102 valence electrons. The van der Waals surface area contributed by atoms with E-state index in [0.29, 0.717) is 5.41 Å². The third-order valence-corrected chi connectivity index (χ3v) is 5.34. The molecule has 1 aliphatic carbocycles. The van der Waals surface area contributed by atoms with Crippen LogP contribution in [-0.2, 0) is 0 Å².